The second-order valence-corrected chi connectivity index (χ2v) is 7.76. The fraction of sp³-hybridized carbons (Fsp3) is 0.304. The monoisotopic (exact) mass is 408 g/mol. The molecule has 5 nitrogen and oxygen atoms in total. The number of para-hydroxylation sites is 1. The number of hydrogen-bond acceptors (Lipinski definition) is 3. The lowest BCUT2D eigenvalue weighted by Gasteiger charge is -2.21. The Morgan fingerprint density at radius 1 is 1.07 bits per heavy atom. The van der Waals surface area contributed by atoms with Crippen molar-refractivity contribution in [3.63, 3.8) is 0 Å². The Labute approximate surface area is 176 Å². The quantitative estimate of drug-likeness (QED) is 0.656. The minimum absolute atomic E-state index is 0.192. The van der Waals surface area contributed by atoms with Crippen LogP contribution in [-0.2, 0) is 13.1 Å². The van der Waals surface area contributed by atoms with Crippen LogP contribution >= 0.6 is 11.6 Å². The third-order valence-electron chi connectivity index (χ3n) is 5.35. The van der Waals surface area contributed by atoms with Crippen LogP contribution in [0.15, 0.2) is 54.6 Å². The first kappa shape index (κ1) is 19.5. The van der Waals surface area contributed by atoms with E-state index in [0.717, 1.165) is 24.2 Å². The average Bonchev–Trinajstić information content (AvgIpc) is 3.36. The molecule has 0 atom stereocenters. The number of carbonyl (C=O) groups is 1. The lowest BCUT2D eigenvalue weighted by molar-refractivity contribution is 0.0950. The summed E-state index contributed by atoms with van der Waals surface area (Å²) in [6.45, 7) is 4.96. The van der Waals surface area contributed by atoms with Crippen molar-refractivity contribution in [3.8, 4) is 0 Å². The molecular weight excluding hydrogens is 384 g/mol. The molecule has 0 aliphatic carbocycles. The molecule has 1 amide bonds. The summed E-state index contributed by atoms with van der Waals surface area (Å²) in [6, 6.07) is 18.2. The molecule has 0 unspecified atom stereocenters. The zero-order valence-electron chi connectivity index (χ0n) is 16.6. The summed E-state index contributed by atoms with van der Waals surface area (Å²) in [5, 5.41) is 7.88. The zero-order valence-corrected chi connectivity index (χ0v) is 17.3. The fourth-order valence-corrected chi connectivity index (χ4v) is 4.18. The van der Waals surface area contributed by atoms with Crippen molar-refractivity contribution in [1.29, 1.82) is 0 Å². The molecule has 1 fully saturated rings. The van der Waals surface area contributed by atoms with Gasteiger partial charge >= 0.3 is 0 Å². The number of benzene rings is 2. The molecule has 0 spiro atoms. The largest absolute Gasteiger partial charge is 0.371 e. The lowest BCUT2D eigenvalue weighted by Crippen LogP contribution is -2.26. The number of hydrogen-bond donors (Lipinski definition) is 1. The summed E-state index contributed by atoms with van der Waals surface area (Å²) >= 11 is 6.52. The molecule has 2 aromatic carbocycles. The fourth-order valence-electron chi connectivity index (χ4n) is 3.86. The van der Waals surface area contributed by atoms with Gasteiger partial charge in [0.05, 0.1) is 17.8 Å². The Balaban J connectivity index is 1.48. The molecule has 0 bridgehead atoms. The van der Waals surface area contributed by atoms with Crippen LogP contribution in [0.2, 0.25) is 5.15 Å². The Hall–Kier alpha value is -2.79. The number of nitrogens with zero attached hydrogens (tertiary/aromatic N) is 3. The first-order valence-electron chi connectivity index (χ1n) is 10.0. The van der Waals surface area contributed by atoms with Crippen molar-refractivity contribution < 1.29 is 4.79 Å². The van der Waals surface area contributed by atoms with Gasteiger partial charge in [-0.3, -0.25) is 4.79 Å². The summed E-state index contributed by atoms with van der Waals surface area (Å²) in [7, 11) is 0. The number of aromatic nitrogens is 2. The predicted octanol–water partition coefficient (Wildman–Crippen LogP) is 4.42. The topological polar surface area (TPSA) is 50.2 Å². The number of amides is 1. The van der Waals surface area contributed by atoms with Gasteiger partial charge in [0, 0.05) is 25.3 Å². The maximum atomic E-state index is 12.9. The Morgan fingerprint density at radius 2 is 1.76 bits per heavy atom. The summed E-state index contributed by atoms with van der Waals surface area (Å²) in [5.41, 5.74) is 4.49. The number of anilines is 1. The number of aryl methyl sites for hydroxylation is 1. The molecule has 2 heterocycles. The van der Waals surface area contributed by atoms with Crippen LogP contribution in [0.4, 0.5) is 5.69 Å². The first-order chi connectivity index (χ1) is 14.1. The molecular formula is C23H25ClN4O. The summed E-state index contributed by atoms with van der Waals surface area (Å²) in [5.74, 6) is -0.192. The van der Waals surface area contributed by atoms with Crippen LogP contribution in [0.5, 0.6) is 0 Å². The van der Waals surface area contributed by atoms with E-state index in [9.17, 15) is 4.79 Å². The van der Waals surface area contributed by atoms with Gasteiger partial charge in [-0.1, -0.05) is 60.1 Å². The van der Waals surface area contributed by atoms with Crippen LogP contribution in [-0.4, -0.2) is 28.8 Å². The molecule has 3 aromatic rings. The highest BCUT2D eigenvalue weighted by Gasteiger charge is 2.21. The van der Waals surface area contributed by atoms with E-state index in [0.29, 0.717) is 29.5 Å². The highest BCUT2D eigenvalue weighted by molar-refractivity contribution is 6.33. The van der Waals surface area contributed by atoms with Crippen molar-refractivity contribution in [2.24, 2.45) is 0 Å². The molecule has 0 saturated carbocycles. The molecule has 1 saturated heterocycles. The van der Waals surface area contributed by atoms with E-state index in [1.165, 1.54) is 18.5 Å². The van der Waals surface area contributed by atoms with Gasteiger partial charge in [-0.25, -0.2) is 4.68 Å². The van der Waals surface area contributed by atoms with E-state index in [-0.39, 0.29) is 5.91 Å². The maximum absolute atomic E-state index is 12.9. The van der Waals surface area contributed by atoms with Crippen LogP contribution < -0.4 is 10.2 Å². The second-order valence-electron chi connectivity index (χ2n) is 7.40. The van der Waals surface area contributed by atoms with Crippen molar-refractivity contribution in [2.45, 2.75) is 32.9 Å². The molecule has 4 rings (SSSR count). The van der Waals surface area contributed by atoms with E-state index in [1.54, 1.807) is 4.68 Å². The van der Waals surface area contributed by atoms with E-state index in [4.69, 9.17) is 11.6 Å². The van der Waals surface area contributed by atoms with Gasteiger partial charge < -0.3 is 10.2 Å². The summed E-state index contributed by atoms with van der Waals surface area (Å²) < 4.78 is 1.68. The second kappa shape index (κ2) is 8.70. The van der Waals surface area contributed by atoms with Crippen molar-refractivity contribution in [3.05, 3.63) is 82.1 Å². The highest BCUT2D eigenvalue weighted by atomic mass is 35.5. The van der Waals surface area contributed by atoms with Gasteiger partial charge in [0.2, 0.25) is 0 Å². The van der Waals surface area contributed by atoms with Crippen LogP contribution in [0, 0.1) is 6.92 Å². The number of halogens is 1. The van der Waals surface area contributed by atoms with Gasteiger partial charge in [0.15, 0.2) is 0 Å². The normalized spacial score (nSPS) is 13.7. The third kappa shape index (κ3) is 4.30. The summed E-state index contributed by atoms with van der Waals surface area (Å²) in [6.07, 6.45) is 2.44. The van der Waals surface area contributed by atoms with Crippen molar-refractivity contribution >= 4 is 23.2 Å². The van der Waals surface area contributed by atoms with Crippen LogP contribution in [0.3, 0.4) is 0 Å². The minimum atomic E-state index is -0.192. The highest BCUT2D eigenvalue weighted by Crippen LogP contribution is 2.25. The van der Waals surface area contributed by atoms with Gasteiger partial charge in [-0.05, 0) is 37.0 Å². The third-order valence-corrected chi connectivity index (χ3v) is 5.73. The Bertz CT molecular complexity index is 993. The maximum Gasteiger partial charge on any atom is 0.256 e. The molecule has 1 aliphatic rings. The van der Waals surface area contributed by atoms with E-state index in [2.05, 4.69) is 27.4 Å². The number of carbonyl (C=O) groups excluding carboxylic acids is 1. The molecule has 1 N–H and O–H groups in total. The van der Waals surface area contributed by atoms with Crippen molar-refractivity contribution in [2.75, 3.05) is 18.0 Å². The van der Waals surface area contributed by atoms with Gasteiger partial charge in [0.1, 0.15) is 5.15 Å². The molecule has 1 aliphatic heterocycles. The predicted molar refractivity (Wildman–Crippen MR) is 117 cm³/mol. The van der Waals surface area contributed by atoms with Gasteiger partial charge in [-0.2, -0.15) is 5.10 Å². The Morgan fingerprint density at radius 3 is 2.52 bits per heavy atom. The van der Waals surface area contributed by atoms with Crippen LogP contribution in [0.1, 0.15) is 40.0 Å². The van der Waals surface area contributed by atoms with E-state index in [1.807, 2.05) is 49.4 Å². The van der Waals surface area contributed by atoms with Gasteiger partial charge in [0.25, 0.3) is 5.91 Å². The molecule has 0 radical (unpaired) electrons. The smallest absolute Gasteiger partial charge is 0.256 e. The lowest BCUT2D eigenvalue weighted by atomic mass is 10.1. The first-order valence-corrected chi connectivity index (χ1v) is 10.4. The minimum Gasteiger partial charge on any atom is -0.371 e. The zero-order chi connectivity index (χ0) is 20.2. The number of rotatable bonds is 6. The van der Waals surface area contributed by atoms with Crippen molar-refractivity contribution in [1.82, 2.24) is 15.1 Å². The van der Waals surface area contributed by atoms with E-state index >= 15 is 0 Å². The van der Waals surface area contributed by atoms with Crippen LogP contribution in [0.25, 0.3) is 0 Å². The Kier molecular flexibility index (Phi) is 5.86. The summed E-state index contributed by atoms with van der Waals surface area (Å²) in [4.78, 5) is 15.3. The molecule has 150 valence electrons. The van der Waals surface area contributed by atoms with Gasteiger partial charge in [-0.15, -0.1) is 0 Å². The SMILES string of the molecule is Cc1nn(Cc2ccccc2)c(Cl)c1C(=O)NCc1ccccc1N1CCCC1. The number of nitrogens with one attached hydrogen (secondary N) is 1. The standard InChI is InChI=1S/C23H25ClN4O/c1-17-21(22(24)28(26-17)16-18-9-3-2-4-10-18)23(29)25-15-19-11-5-6-12-20(19)27-13-7-8-14-27/h2-6,9-12H,7-8,13-16H2,1H3,(H,25,29). The van der Waals surface area contributed by atoms with E-state index < -0.39 is 0 Å². The average molecular weight is 409 g/mol. The molecule has 6 heteroatoms. The molecule has 29 heavy (non-hydrogen) atoms. The molecule has 1 aromatic heterocycles.